The summed E-state index contributed by atoms with van der Waals surface area (Å²) in [6.45, 7) is 4.85. The van der Waals surface area contributed by atoms with Crippen LogP contribution in [-0.4, -0.2) is 30.8 Å². The fourth-order valence-electron chi connectivity index (χ4n) is 4.94. The predicted molar refractivity (Wildman–Crippen MR) is 152 cm³/mol. The Labute approximate surface area is 233 Å². The Kier molecular flexibility index (Phi) is 13.3. The summed E-state index contributed by atoms with van der Waals surface area (Å²) in [5, 5.41) is 0. The van der Waals surface area contributed by atoms with Crippen LogP contribution >= 0.6 is 0 Å². The molecule has 5 nitrogen and oxygen atoms in total. The van der Waals surface area contributed by atoms with Gasteiger partial charge in [-0.15, -0.1) is 0 Å². The number of halogens is 1. The van der Waals surface area contributed by atoms with Crippen molar-refractivity contribution >= 4 is 11.9 Å². The number of carbonyl (C=O) groups excluding carboxylic acids is 2. The zero-order valence-corrected chi connectivity index (χ0v) is 23.7. The van der Waals surface area contributed by atoms with Crippen LogP contribution < -0.4 is 9.47 Å². The second-order valence-corrected chi connectivity index (χ2v) is 10.7. The summed E-state index contributed by atoms with van der Waals surface area (Å²) >= 11 is 0. The van der Waals surface area contributed by atoms with Gasteiger partial charge < -0.3 is 14.2 Å². The number of carbonyl (C=O) groups is 2. The molecule has 2 aromatic carbocycles. The molecule has 1 aliphatic carbocycles. The SMILES string of the molecule is CCCCCCOc1ccc(C(=O)Oc2ccc(CCC3CCC(OC(=O)[C@@H](F)CCCC)CC3)cc2)cc1. The Balaban J connectivity index is 1.34. The molecule has 0 N–H and O–H groups in total. The van der Waals surface area contributed by atoms with Gasteiger partial charge in [0.15, 0.2) is 6.17 Å². The molecule has 1 saturated carbocycles. The average Bonchev–Trinajstić information content (AvgIpc) is 2.96. The minimum Gasteiger partial charge on any atom is -0.494 e. The fourth-order valence-corrected chi connectivity index (χ4v) is 4.94. The van der Waals surface area contributed by atoms with E-state index in [-0.39, 0.29) is 18.5 Å². The van der Waals surface area contributed by atoms with Crippen LogP contribution in [-0.2, 0) is 16.0 Å². The molecule has 0 saturated heterocycles. The number of rotatable bonds is 16. The highest BCUT2D eigenvalue weighted by Gasteiger charge is 2.27. The predicted octanol–water partition coefficient (Wildman–Crippen LogP) is 8.43. The van der Waals surface area contributed by atoms with E-state index in [1.54, 1.807) is 12.1 Å². The van der Waals surface area contributed by atoms with Gasteiger partial charge in [-0.05, 0) is 99.2 Å². The summed E-state index contributed by atoms with van der Waals surface area (Å²) in [6.07, 6.45) is 10.4. The second-order valence-electron chi connectivity index (χ2n) is 10.7. The van der Waals surface area contributed by atoms with Crippen molar-refractivity contribution in [2.75, 3.05) is 6.61 Å². The molecule has 3 rings (SSSR count). The number of hydrogen-bond donors (Lipinski definition) is 0. The van der Waals surface area contributed by atoms with Crippen LogP contribution in [0.4, 0.5) is 4.39 Å². The van der Waals surface area contributed by atoms with Crippen LogP contribution in [0.15, 0.2) is 48.5 Å². The second kappa shape index (κ2) is 16.9. The smallest absolute Gasteiger partial charge is 0.343 e. The van der Waals surface area contributed by atoms with Gasteiger partial charge in [-0.3, -0.25) is 0 Å². The molecule has 1 fully saturated rings. The zero-order valence-electron chi connectivity index (χ0n) is 23.7. The number of aryl methyl sites for hydroxylation is 1. The first-order chi connectivity index (χ1) is 19.0. The first-order valence-electron chi connectivity index (χ1n) is 14.9. The molecule has 0 amide bonds. The topological polar surface area (TPSA) is 61.8 Å². The quantitative estimate of drug-likeness (QED) is 0.121. The molecule has 1 atom stereocenters. The van der Waals surface area contributed by atoms with E-state index in [0.717, 1.165) is 57.1 Å². The van der Waals surface area contributed by atoms with E-state index >= 15 is 0 Å². The number of ether oxygens (including phenoxy) is 3. The van der Waals surface area contributed by atoms with Crippen molar-refractivity contribution in [2.24, 2.45) is 5.92 Å². The highest BCUT2D eigenvalue weighted by molar-refractivity contribution is 5.91. The summed E-state index contributed by atoms with van der Waals surface area (Å²) < 4.78 is 30.6. The summed E-state index contributed by atoms with van der Waals surface area (Å²) in [5.41, 5.74) is 1.68. The van der Waals surface area contributed by atoms with Gasteiger partial charge in [0.1, 0.15) is 17.6 Å². The lowest BCUT2D eigenvalue weighted by atomic mass is 9.83. The molecule has 0 bridgehead atoms. The van der Waals surface area contributed by atoms with Gasteiger partial charge in [-0.2, -0.15) is 0 Å². The Hall–Kier alpha value is -2.89. The molecular formula is C33H45FO5. The fraction of sp³-hybridized carbons (Fsp3) is 0.576. The van der Waals surface area contributed by atoms with E-state index in [4.69, 9.17) is 14.2 Å². The Morgan fingerprint density at radius 3 is 2.18 bits per heavy atom. The lowest BCUT2D eigenvalue weighted by Crippen LogP contribution is -2.29. The van der Waals surface area contributed by atoms with E-state index in [0.29, 0.717) is 30.3 Å². The van der Waals surface area contributed by atoms with Gasteiger partial charge in [-0.1, -0.05) is 58.1 Å². The largest absolute Gasteiger partial charge is 0.494 e. The van der Waals surface area contributed by atoms with E-state index < -0.39 is 12.1 Å². The van der Waals surface area contributed by atoms with E-state index in [1.165, 1.54) is 24.8 Å². The monoisotopic (exact) mass is 540 g/mol. The maximum atomic E-state index is 13.9. The van der Waals surface area contributed by atoms with E-state index in [1.807, 2.05) is 43.3 Å². The van der Waals surface area contributed by atoms with Crippen LogP contribution in [0.2, 0.25) is 0 Å². The minimum atomic E-state index is -1.49. The molecule has 2 aromatic rings. The maximum Gasteiger partial charge on any atom is 0.343 e. The summed E-state index contributed by atoms with van der Waals surface area (Å²) in [4.78, 5) is 24.5. The number of unbranched alkanes of at least 4 members (excludes halogenated alkanes) is 4. The molecule has 0 heterocycles. The van der Waals surface area contributed by atoms with Gasteiger partial charge in [0.05, 0.1) is 12.2 Å². The van der Waals surface area contributed by atoms with Crippen LogP contribution in [0, 0.1) is 5.92 Å². The minimum absolute atomic E-state index is 0.151. The highest BCUT2D eigenvalue weighted by atomic mass is 19.1. The molecule has 0 radical (unpaired) electrons. The third-order valence-electron chi connectivity index (χ3n) is 7.48. The Bertz CT molecular complexity index is 980. The first kappa shape index (κ1) is 30.6. The lowest BCUT2D eigenvalue weighted by molar-refractivity contribution is -0.157. The summed E-state index contributed by atoms with van der Waals surface area (Å²) in [5.74, 6) is 0.776. The van der Waals surface area contributed by atoms with Gasteiger partial charge in [-0.25, -0.2) is 14.0 Å². The molecule has 0 aromatic heterocycles. The molecule has 0 spiro atoms. The van der Waals surface area contributed by atoms with Crippen molar-refractivity contribution in [3.05, 3.63) is 59.7 Å². The first-order valence-corrected chi connectivity index (χ1v) is 14.9. The molecule has 6 heteroatoms. The summed E-state index contributed by atoms with van der Waals surface area (Å²) in [6, 6.07) is 14.8. The van der Waals surface area contributed by atoms with Gasteiger partial charge >= 0.3 is 11.9 Å². The van der Waals surface area contributed by atoms with Crippen LogP contribution in [0.25, 0.3) is 0 Å². The van der Waals surface area contributed by atoms with Crippen molar-refractivity contribution in [3.8, 4) is 11.5 Å². The molecule has 214 valence electrons. The summed E-state index contributed by atoms with van der Waals surface area (Å²) in [7, 11) is 0. The van der Waals surface area contributed by atoms with Crippen LogP contribution in [0.1, 0.15) is 107 Å². The molecular weight excluding hydrogens is 495 g/mol. The van der Waals surface area contributed by atoms with Gasteiger partial charge in [0.2, 0.25) is 0 Å². The van der Waals surface area contributed by atoms with E-state index in [9.17, 15) is 14.0 Å². The van der Waals surface area contributed by atoms with E-state index in [2.05, 4.69) is 6.92 Å². The molecule has 0 unspecified atom stereocenters. The zero-order chi connectivity index (χ0) is 27.9. The lowest BCUT2D eigenvalue weighted by Gasteiger charge is -2.28. The average molecular weight is 541 g/mol. The normalized spacial score (nSPS) is 17.8. The van der Waals surface area contributed by atoms with Crippen molar-refractivity contribution < 1.29 is 28.2 Å². The Morgan fingerprint density at radius 2 is 1.51 bits per heavy atom. The van der Waals surface area contributed by atoms with Crippen molar-refractivity contribution in [1.29, 1.82) is 0 Å². The highest BCUT2D eigenvalue weighted by Crippen LogP contribution is 2.30. The number of alkyl halides is 1. The van der Waals surface area contributed by atoms with Crippen LogP contribution in [0.3, 0.4) is 0 Å². The van der Waals surface area contributed by atoms with Crippen molar-refractivity contribution in [3.63, 3.8) is 0 Å². The number of hydrogen-bond acceptors (Lipinski definition) is 5. The molecule has 1 aliphatic rings. The van der Waals surface area contributed by atoms with Gasteiger partial charge in [0.25, 0.3) is 0 Å². The molecule has 39 heavy (non-hydrogen) atoms. The number of benzene rings is 2. The third-order valence-corrected chi connectivity index (χ3v) is 7.48. The van der Waals surface area contributed by atoms with Gasteiger partial charge in [0, 0.05) is 0 Å². The Morgan fingerprint density at radius 1 is 0.846 bits per heavy atom. The molecule has 0 aliphatic heterocycles. The maximum absolute atomic E-state index is 13.9. The van der Waals surface area contributed by atoms with Crippen LogP contribution in [0.5, 0.6) is 11.5 Å². The van der Waals surface area contributed by atoms with Crippen molar-refractivity contribution in [2.45, 2.75) is 110 Å². The van der Waals surface area contributed by atoms with Crippen molar-refractivity contribution in [1.82, 2.24) is 0 Å². The third kappa shape index (κ3) is 11.0. The standard InChI is InChI=1S/C33H45FO5/c1-3-5-7-8-24-37-28-22-16-27(17-23-28)32(35)38-29-18-12-25(13-19-29)10-11-26-14-20-30(21-15-26)39-33(36)31(34)9-6-4-2/h12-13,16-19,22-23,26,30-31H,3-11,14-15,20-21,24H2,1-2H3/t26?,30?,31-/m0/s1. The number of esters is 2.